The molecule has 0 aromatic heterocycles. The van der Waals surface area contributed by atoms with Gasteiger partial charge in [0.1, 0.15) is 5.57 Å². The van der Waals surface area contributed by atoms with Gasteiger partial charge in [0.15, 0.2) is 5.11 Å². The minimum Gasteiger partial charge on any atom is -0.298 e. The number of nitriles is 1. The van der Waals surface area contributed by atoms with Gasteiger partial charge in [0.2, 0.25) is 0 Å². The summed E-state index contributed by atoms with van der Waals surface area (Å²) in [6.45, 7) is 3.78. The Bertz CT molecular complexity index is 699. The minimum atomic E-state index is -0.533. The number of nitrogens with zero attached hydrogens (tertiary/aromatic N) is 2. The highest BCUT2D eigenvalue weighted by Gasteiger charge is 2.32. The van der Waals surface area contributed by atoms with Crippen LogP contribution in [0, 0.1) is 11.3 Å². The highest BCUT2D eigenvalue weighted by molar-refractivity contribution is 7.80. The van der Waals surface area contributed by atoms with E-state index in [0.717, 1.165) is 0 Å². The van der Waals surface area contributed by atoms with Gasteiger partial charge in [-0.15, -0.1) is 6.58 Å². The van der Waals surface area contributed by atoms with Crippen molar-refractivity contribution in [2.45, 2.75) is 0 Å². The Hall–Kier alpha value is -2.78. The van der Waals surface area contributed by atoms with Crippen LogP contribution in [0.2, 0.25) is 0 Å². The van der Waals surface area contributed by atoms with Gasteiger partial charge in [-0.05, 0) is 36.0 Å². The first kappa shape index (κ1) is 14.6. The smallest absolute Gasteiger partial charge is 0.265 e. The molecule has 2 rings (SSSR count). The first-order valence-electron chi connectivity index (χ1n) is 6.06. The number of carbonyl (C=O) groups excluding carboxylic acids is 2. The van der Waals surface area contributed by atoms with E-state index in [1.165, 1.54) is 17.1 Å². The first-order chi connectivity index (χ1) is 10.1. The fourth-order valence-electron chi connectivity index (χ4n) is 1.81. The maximum atomic E-state index is 12.3. The largest absolute Gasteiger partial charge is 0.298 e. The molecule has 1 heterocycles. The third kappa shape index (κ3) is 3.04. The molecule has 0 aliphatic carbocycles. The van der Waals surface area contributed by atoms with Crippen LogP contribution in [0.5, 0.6) is 0 Å². The number of hydrogen-bond donors (Lipinski definition) is 1. The topological polar surface area (TPSA) is 73.2 Å². The van der Waals surface area contributed by atoms with Crippen molar-refractivity contribution in [3.8, 4) is 6.07 Å². The molecule has 21 heavy (non-hydrogen) atoms. The van der Waals surface area contributed by atoms with E-state index in [1.807, 2.05) is 6.07 Å². The van der Waals surface area contributed by atoms with Crippen molar-refractivity contribution in [2.24, 2.45) is 0 Å². The van der Waals surface area contributed by atoms with E-state index in [-0.39, 0.29) is 17.2 Å². The summed E-state index contributed by atoms with van der Waals surface area (Å²) in [5.41, 5.74) is 1.15. The number of thiocarbonyl (C=S) groups is 1. The summed E-state index contributed by atoms with van der Waals surface area (Å²) in [6, 6.07) is 8.56. The molecule has 5 nitrogen and oxygen atoms in total. The van der Waals surface area contributed by atoms with Crippen LogP contribution in [0.3, 0.4) is 0 Å². The molecular weight excluding hydrogens is 286 g/mol. The van der Waals surface area contributed by atoms with Crippen molar-refractivity contribution in [3.63, 3.8) is 0 Å². The highest BCUT2D eigenvalue weighted by Crippen LogP contribution is 2.15. The minimum absolute atomic E-state index is 0.00448. The predicted molar refractivity (Wildman–Crippen MR) is 81.8 cm³/mol. The number of benzene rings is 1. The maximum absolute atomic E-state index is 12.3. The van der Waals surface area contributed by atoms with Crippen molar-refractivity contribution in [3.05, 3.63) is 53.6 Å². The normalized spacial score (nSPS) is 16.6. The van der Waals surface area contributed by atoms with Gasteiger partial charge in [-0.25, -0.2) is 0 Å². The Morgan fingerprint density at radius 1 is 1.33 bits per heavy atom. The fourth-order valence-corrected chi connectivity index (χ4v) is 2.06. The van der Waals surface area contributed by atoms with E-state index in [4.69, 9.17) is 17.5 Å². The number of hydrogen-bond acceptors (Lipinski definition) is 4. The average Bonchev–Trinajstić information content (AvgIpc) is 2.48. The molecule has 0 radical (unpaired) electrons. The quantitative estimate of drug-likeness (QED) is 0.396. The zero-order valence-corrected chi connectivity index (χ0v) is 11.8. The molecule has 0 bridgehead atoms. The van der Waals surface area contributed by atoms with E-state index >= 15 is 0 Å². The van der Waals surface area contributed by atoms with Crippen molar-refractivity contribution >= 4 is 35.2 Å². The number of rotatable bonds is 3. The van der Waals surface area contributed by atoms with E-state index in [9.17, 15) is 9.59 Å². The zero-order chi connectivity index (χ0) is 15.4. The molecule has 1 saturated heterocycles. The molecule has 104 valence electrons. The summed E-state index contributed by atoms with van der Waals surface area (Å²) in [6.07, 6.45) is 3.00. The van der Waals surface area contributed by atoms with Crippen molar-refractivity contribution in [2.75, 3.05) is 6.54 Å². The molecule has 1 aromatic carbocycles. The molecule has 0 saturated carbocycles. The van der Waals surface area contributed by atoms with E-state index in [0.29, 0.717) is 11.1 Å². The van der Waals surface area contributed by atoms with Crippen molar-refractivity contribution in [1.82, 2.24) is 10.2 Å². The van der Waals surface area contributed by atoms with Gasteiger partial charge in [-0.1, -0.05) is 18.2 Å². The van der Waals surface area contributed by atoms with Crippen LogP contribution >= 0.6 is 12.2 Å². The van der Waals surface area contributed by atoms with Gasteiger partial charge in [-0.3, -0.25) is 19.8 Å². The van der Waals surface area contributed by atoms with Crippen molar-refractivity contribution < 1.29 is 9.59 Å². The molecule has 1 fully saturated rings. The lowest BCUT2D eigenvalue weighted by molar-refractivity contribution is -0.128. The predicted octanol–water partition coefficient (Wildman–Crippen LogP) is 1.37. The van der Waals surface area contributed by atoms with Crippen LogP contribution < -0.4 is 5.32 Å². The van der Waals surface area contributed by atoms with Gasteiger partial charge in [-0.2, -0.15) is 5.26 Å². The van der Waals surface area contributed by atoms with E-state index in [1.54, 1.807) is 24.3 Å². The molecule has 0 unspecified atom stereocenters. The van der Waals surface area contributed by atoms with Crippen LogP contribution in [-0.2, 0) is 9.59 Å². The summed E-state index contributed by atoms with van der Waals surface area (Å²) < 4.78 is 0. The van der Waals surface area contributed by atoms with E-state index < -0.39 is 11.8 Å². The summed E-state index contributed by atoms with van der Waals surface area (Å²) in [5.74, 6) is -0.998. The second-order valence-corrected chi connectivity index (χ2v) is 4.64. The number of amides is 2. The number of nitrogens with one attached hydrogen (secondary N) is 1. The molecule has 1 aliphatic rings. The summed E-state index contributed by atoms with van der Waals surface area (Å²) in [5, 5.41) is 11.3. The summed E-state index contributed by atoms with van der Waals surface area (Å²) in [7, 11) is 0. The molecule has 2 amide bonds. The zero-order valence-electron chi connectivity index (χ0n) is 11.0. The third-order valence-corrected chi connectivity index (χ3v) is 3.17. The van der Waals surface area contributed by atoms with Crippen molar-refractivity contribution in [1.29, 1.82) is 5.26 Å². The molecule has 0 spiro atoms. The SMILES string of the molecule is C=CCN1C(=O)/C(=C\c2ccc(C#N)cc2)C(=O)NC1=S. The average molecular weight is 297 g/mol. The molecule has 1 N–H and O–H groups in total. The Balaban J connectivity index is 2.35. The molecule has 0 atom stereocenters. The second-order valence-electron chi connectivity index (χ2n) is 4.26. The first-order valence-corrected chi connectivity index (χ1v) is 6.47. The van der Waals surface area contributed by atoms with Crippen LogP contribution in [0.1, 0.15) is 11.1 Å². The van der Waals surface area contributed by atoms with Crippen LogP contribution in [0.25, 0.3) is 6.08 Å². The summed E-state index contributed by atoms with van der Waals surface area (Å²) in [4.78, 5) is 25.4. The Labute approximate surface area is 127 Å². The Morgan fingerprint density at radius 2 is 2.00 bits per heavy atom. The van der Waals surface area contributed by atoms with Crippen LogP contribution in [0.15, 0.2) is 42.5 Å². The van der Waals surface area contributed by atoms with Gasteiger partial charge in [0, 0.05) is 6.54 Å². The van der Waals surface area contributed by atoms with E-state index in [2.05, 4.69) is 11.9 Å². The molecule has 6 heteroatoms. The lowest BCUT2D eigenvalue weighted by Crippen LogP contribution is -2.53. The Morgan fingerprint density at radius 3 is 2.57 bits per heavy atom. The molecule has 1 aliphatic heterocycles. The van der Waals surface area contributed by atoms with Crippen LogP contribution in [0.4, 0.5) is 0 Å². The van der Waals surface area contributed by atoms with Gasteiger partial charge in [0.25, 0.3) is 11.8 Å². The monoisotopic (exact) mass is 297 g/mol. The highest BCUT2D eigenvalue weighted by atomic mass is 32.1. The molecule has 1 aromatic rings. The molecular formula is C15H11N3O2S. The van der Waals surface area contributed by atoms with Gasteiger partial charge < -0.3 is 0 Å². The lowest BCUT2D eigenvalue weighted by atomic mass is 10.1. The maximum Gasteiger partial charge on any atom is 0.265 e. The van der Waals surface area contributed by atoms with Crippen LogP contribution in [-0.4, -0.2) is 28.4 Å². The Kier molecular flexibility index (Phi) is 4.26. The van der Waals surface area contributed by atoms with Gasteiger partial charge >= 0.3 is 0 Å². The van der Waals surface area contributed by atoms with Gasteiger partial charge in [0.05, 0.1) is 11.6 Å². The fraction of sp³-hybridized carbons (Fsp3) is 0.0667. The third-order valence-electron chi connectivity index (χ3n) is 2.85. The second kappa shape index (κ2) is 6.11. The standard InChI is InChI=1S/C15H11N3O2S/c1-2-7-18-14(20)12(13(19)17-15(18)21)8-10-3-5-11(9-16)6-4-10/h2-6,8H,1,7H2,(H,17,19,21)/b12-8-. The number of carbonyl (C=O) groups is 2. The summed E-state index contributed by atoms with van der Waals surface area (Å²) >= 11 is 4.96. The lowest BCUT2D eigenvalue weighted by Gasteiger charge is -2.27.